The van der Waals surface area contributed by atoms with E-state index in [1.54, 1.807) is 27.7 Å². The number of imidazole rings is 2. The van der Waals surface area contributed by atoms with Crippen LogP contribution in [0.25, 0.3) is 22.3 Å². The Balaban J connectivity index is 0.000000252. The number of anilines is 2. The largest absolute Gasteiger partial charge is 0.523 e. The summed E-state index contributed by atoms with van der Waals surface area (Å²) in [5.74, 6) is -1.79. The molecule has 4 aromatic heterocycles. The second kappa shape index (κ2) is 26.2. The molecule has 0 aromatic carbocycles. The molecule has 0 saturated carbocycles. The van der Waals surface area contributed by atoms with Crippen molar-refractivity contribution in [3.8, 4) is 0 Å². The lowest BCUT2D eigenvalue weighted by molar-refractivity contribution is -0.119. The first kappa shape index (κ1) is 70.3. The number of alkyl halides is 3. The number of nitrogens with one attached hydrogen (secondary N) is 4. The molecule has 4 fully saturated rings. The van der Waals surface area contributed by atoms with Gasteiger partial charge in [-0.3, -0.25) is 53.1 Å². The zero-order chi connectivity index (χ0) is 65.2. The van der Waals surface area contributed by atoms with Crippen molar-refractivity contribution in [2.75, 3.05) is 23.8 Å². The minimum Gasteiger partial charge on any atom is -0.414 e. The Morgan fingerprint density at radius 1 is 0.598 bits per heavy atom. The van der Waals surface area contributed by atoms with Crippen LogP contribution < -0.4 is 21.8 Å². The number of ether oxygens (including phenoxy) is 2. The van der Waals surface area contributed by atoms with Crippen molar-refractivity contribution in [1.82, 2.24) is 39.0 Å². The molecule has 0 bridgehead atoms. The number of H-pyrrole nitrogens is 2. The minimum atomic E-state index is -6.20. The van der Waals surface area contributed by atoms with Crippen LogP contribution in [0.3, 0.4) is 0 Å². The first-order valence-electron chi connectivity index (χ1n) is 29.8. The molecule has 5 N–H and O–H groups in total. The molecule has 4 aliphatic rings. The molecule has 4 aliphatic heterocycles. The molecule has 0 radical (unpaired) electrons. The molecule has 4 saturated heterocycles. The number of nitrogens with zero attached hydrogens (tertiary/aromatic N) is 6. The Morgan fingerprint density at radius 3 is 1.30 bits per heavy atom. The zero-order valence-electron chi connectivity index (χ0n) is 53.3. The van der Waals surface area contributed by atoms with Crippen LogP contribution in [0.4, 0.5) is 25.1 Å². The molecule has 34 heteroatoms. The van der Waals surface area contributed by atoms with E-state index < -0.39 is 122 Å². The van der Waals surface area contributed by atoms with E-state index in [0.717, 1.165) is 10.9 Å². The maximum Gasteiger partial charge on any atom is 0.523 e. The van der Waals surface area contributed by atoms with E-state index in [0.29, 0.717) is 0 Å². The average molecular weight is 1320 g/mol. The number of fused-ring (bicyclic) bond motifs is 4. The van der Waals surface area contributed by atoms with Gasteiger partial charge < -0.3 is 40.5 Å². The molecule has 8 rings (SSSR count). The molecular formula is C53H89F3N10O16SSi4. The molecule has 2 amide bonds. The number of aromatic amines is 2. The lowest BCUT2D eigenvalue weighted by Crippen LogP contribution is -2.66. The fraction of sp³-hybridized carbons (Fsp3) is 0.774. The van der Waals surface area contributed by atoms with Gasteiger partial charge in [0.2, 0.25) is 23.7 Å². The van der Waals surface area contributed by atoms with Gasteiger partial charge in [-0.25, -0.2) is 9.97 Å². The molecule has 4 aromatic rings. The number of halogens is 3. The average Bonchev–Trinajstić information content (AvgIpc) is 1.70. The number of carbonyl (C=O) groups excluding carboxylic acids is 2. The van der Waals surface area contributed by atoms with Crippen LogP contribution in [0, 0.1) is 11.8 Å². The van der Waals surface area contributed by atoms with Crippen molar-refractivity contribution < 1.29 is 75.9 Å². The van der Waals surface area contributed by atoms with Crippen molar-refractivity contribution in [3.05, 3.63) is 33.4 Å². The van der Waals surface area contributed by atoms with Gasteiger partial charge in [-0.15, -0.1) is 0 Å². The van der Waals surface area contributed by atoms with Gasteiger partial charge in [-0.05, 0) is 44.3 Å². The minimum absolute atomic E-state index is 0.000117. The van der Waals surface area contributed by atoms with Gasteiger partial charge in [0.25, 0.3) is 11.1 Å². The highest BCUT2D eigenvalue weighted by Crippen LogP contribution is 2.51. The normalized spacial score (nSPS) is 25.8. The van der Waals surface area contributed by atoms with E-state index in [1.165, 1.54) is 10.9 Å². The quantitative estimate of drug-likeness (QED) is 0.0397. The summed E-state index contributed by atoms with van der Waals surface area (Å²) in [7, 11) is -18.5. The predicted molar refractivity (Wildman–Crippen MR) is 325 cm³/mol. The molecule has 26 nitrogen and oxygen atoms in total. The van der Waals surface area contributed by atoms with E-state index in [4.69, 9.17) is 39.6 Å². The van der Waals surface area contributed by atoms with Crippen LogP contribution in [-0.4, -0.2) is 154 Å². The van der Waals surface area contributed by atoms with Gasteiger partial charge in [-0.1, -0.05) is 138 Å². The third-order valence-electron chi connectivity index (χ3n) is 16.7. The first-order chi connectivity index (χ1) is 40.2. The zero-order valence-corrected chi connectivity index (χ0v) is 58.1. The first-order valence-corrected chi connectivity index (χ1v) is 39.1. The summed E-state index contributed by atoms with van der Waals surface area (Å²) < 4.78 is 128. The summed E-state index contributed by atoms with van der Waals surface area (Å²) in [6.45, 7) is 39.3. The van der Waals surface area contributed by atoms with Crippen molar-refractivity contribution in [2.45, 2.75) is 237 Å². The van der Waals surface area contributed by atoms with E-state index >= 15 is 0 Å². The van der Waals surface area contributed by atoms with Crippen LogP contribution in [-0.2, 0) is 59.3 Å². The van der Waals surface area contributed by atoms with Crippen molar-refractivity contribution >= 4 is 90.4 Å². The van der Waals surface area contributed by atoms with Crippen molar-refractivity contribution in [3.63, 3.8) is 0 Å². The summed E-state index contributed by atoms with van der Waals surface area (Å²) in [5, 5.41) is 16.8. The Bertz CT molecular complexity index is 3310. The Labute approximate surface area is 509 Å². The fourth-order valence-electron chi connectivity index (χ4n) is 11.9. The lowest BCUT2D eigenvalue weighted by atomic mass is 10.1. The van der Waals surface area contributed by atoms with Gasteiger partial charge in [0.1, 0.15) is 30.5 Å². The molecule has 0 unspecified atom stereocenters. The van der Waals surface area contributed by atoms with Crippen LogP contribution in [0.5, 0.6) is 0 Å². The monoisotopic (exact) mass is 1320 g/mol. The summed E-state index contributed by atoms with van der Waals surface area (Å²) in [4.78, 5) is 72.2. The number of aliphatic hydroxyl groups is 1. The summed E-state index contributed by atoms with van der Waals surface area (Å²) in [6, 6.07) is 0. The molecule has 490 valence electrons. The summed E-state index contributed by atoms with van der Waals surface area (Å²) in [5.41, 5.74) is -7.33. The molecule has 87 heavy (non-hydrogen) atoms. The topological polar surface area (TPSA) is 323 Å². The smallest absolute Gasteiger partial charge is 0.414 e. The summed E-state index contributed by atoms with van der Waals surface area (Å²) >= 11 is 0. The maximum atomic E-state index is 13.8. The van der Waals surface area contributed by atoms with E-state index in [-0.39, 0.29) is 104 Å². The van der Waals surface area contributed by atoms with Crippen molar-refractivity contribution in [1.29, 1.82) is 0 Å². The highest BCUT2D eigenvalue weighted by Gasteiger charge is 2.65. The van der Waals surface area contributed by atoms with E-state index in [1.807, 2.05) is 55.4 Å². The number of hydrogen-bond donors (Lipinski definition) is 5. The number of hydrogen-bond acceptors (Lipinski definition) is 20. The summed E-state index contributed by atoms with van der Waals surface area (Å²) in [6.07, 6.45) is -6.96. The molecule has 8 atom stereocenters. The Hall–Kier alpha value is -4.15. The number of carbonyl (C=O) groups is 2. The molecular weight excluding hydrogens is 1230 g/mol. The van der Waals surface area contributed by atoms with Crippen LogP contribution in [0.2, 0.25) is 44.3 Å². The van der Waals surface area contributed by atoms with Gasteiger partial charge in [0.15, 0.2) is 40.9 Å². The van der Waals surface area contributed by atoms with Gasteiger partial charge >= 0.3 is 49.9 Å². The Morgan fingerprint density at radius 2 is 0.943 bits per heavy atom. The second-order valence-electron chi connectivity index (χ2n) is 26.0. The SMILES string of the molecule is CC(C)C(=O)Nc1nc2c(ncn2[C@@H]2O[C@@H]3CO[Si](C(C)C)(C(C)C)O[Si](C(C)C)(C(C)C)O[C@H]3[C@@H]2O)c(=O)[nH]1.CC(C)C(=O)Nc1nc2c(ncn2[C@@H]2O[C@@H]3CO[Si](C(C)C)(C(C)C)O[Si](C(C)C)(C(C)C)O[C@H]3[C@H]2OS(=O)(=O)C(F)(F)F)c(=O)[nH]1. The van der Waals surface area contributed by atoms with Crippen LogP contribution in [0.15, 0.2) is 22.2 Å². The second-order valence-corrected chi connectivity index (χ2v) is 45.2. The van der Waals surface area contributed by atoms with Crippen molar-refractivity contribution in [2.24, 2.45) is 11.8 Å². The van der Waals surface area contributed by atoms with Gasteiger partial charge in [0, 0.05) is 11.8 Å². The molecule has 8 heterocycles. The number of amides is 2. The van der Waals surface area contributed by atoms with E-state index in [9.17, 15) is 45.9 Å². The Kier molecular flexibility index (Phi) is 21.2. The van der Waals surface area contributed by atoms with Gasteiger partial charge in [-0.2, -0.15) is 31.6 Å². The third-order valence-corrected chi connectivity index (χ3v) is 38.3. The number of aliphatic hydroxyl groups excluding tert-OH is 1. The highest BCUT2D eigenvalue weighted by molar-refractivity contribution is 7.87. The van der Waals surface area contributed by atoms with E-state index in [2.05, 4.69) is 95.9 Å². The molecule has 0 aliphatic carbocycles. The number of rotatable bonds is 16. The van der Waals surface area contributed by atoms with Crippen LogP contribution >= 0.6 is 0 Å². The lowest BCUT2D eigenvalue weighted by Gasteiger charge is -2.51. The fourth-order valence-corrected chi connectivity index (χ4v) is 34.9. The highest BCUT2D eigenvalue weighted by atomic mass is 32.2. The van der Waals surface area contributed by atoms with Crippen LogP contribution in [0.1, 0.15) is 151 Å². The molecule has 0 spiro atoms. The van der Waals surface area contributed by atoms with Gasteiger partial charge in [0.05, 0.1) is 25.9 Å². The number of aromatic nitrogens is 8. The third kappa shape index (κ3) is 13.3. The maximum absolute atomic E-state index is 13.8. The predicted octanol–water partition coefficient (Wildman–Crippen LogP) is 8.73. The standard InChI is InChI=1S/C27H44F3N5O9SSi2.C26H45N5O7Si2/c1-13(2)23(36)33-26-32-22-19(24(37)34-26)31-12-35(22)25-21(42-45(38,39)27(28,29)30)20-18(41-25)11-40-46(14(3)4,15(5)6)44-47(43-20,16(7)8)17(9)10;1-13(2)23(33)29-26-28-22-19(24(34)30-26)27-12-31(22)25-20(32)21-18(36-25)11-35-39(14(3)4,15(5)6)38-40(37-21,16(7)8)17(9)10/h12-18,20-21,25H,11H2,1-10H3,(H2,32,33,34,36,37);12-18,20-21,25,32H,11H2,1-10H3,(H2,28,29,30,33,34)/t18-,20-,21-,25-;18-,20+,21-,25-/m11/s1.